The van der Waals surface area contributed by atoms with E-state index >= 15 is 0 Å². The van der Waals surface area contributed by atoms with Gasteiger partial charge in [-0.2, -0.15) is 0 Å². The molecule has 5 nitrogen and oxygen atoms in total. The van der Waals surface area contributed by atoms with Crippen molar-refractivity contribution in [2.75, 3.05) is 18.4 Å². The molecule has 0 heterocycles. The molecule has 6 heteroatoms. The molecule has 2 amide bonds. The Morgan fingerprint density at radius 3 is 2.63 bits per heavy atom. The van der Waals surface area contributed by atoms with Gasteiger partial charge in [-0.15, -0.1) is 0 Å². The quantitative estimate of drug-likeness (QED) is 0.737. The Labute approximate surface area is 120 Å². The summed E-state index contributed by atoms with van der Waals surface area (Å²) in [6.45, 7) is 0.285. The summed E-state index contributed by atoms with van der Waals surface area (Å²) in [5, 5.41) is 8.41. The van der Waals surface area contributed by atoms with Gasteiger partial charge in [-0.05, 0) is 31.0 Å². The summed E-state index contributed by atoms with van der Waals surface area (Å²) >= 11 is 3.33. The fourth-order valence-corrected chi connectivity index (χ4v) is 1.97. The first-order chi connectivity index (χ1) is 9.13. The molecule has 1 aliphatic carbocycles. The van der Waals surface area contributed by atoms with Crippen molar-refractivity contribution in [3.63, 3.8) is 0 Å². The molecular formula is C13H16BrN3O2. The molecule has 0 spiro atoms. The molecule has 1 aromatic rings. The summed E-state index contributed by atoms with van der Waals surface area (Å²) in [5.74, 6) is -0.227. The average Bonchev–Trinajstić information content (AvgIpc) is 3.12. The maximum absolute atomic E-state index is 11.6. The molecule has 1 fully saturated rings. The molecule has 2 rings (SSSR count). The van der Waals surface area contributed by atoms with Crippen molar-refractivity contribution in [3.8, 4) is 0 Å². The minimum Gasteiger partial charge on any atom is -0.352 e. The number of rotatable bonds is 6. The first-order valence-electron chi connectivity index (χ1n) is 6.19. The summed E-state index contributed by atoms with van der Waals surface area (Å²) in [7, 11) is 0. The van der Waals surface area contributed by atoms with Crippen LogP contribution in [0.4, 0.5) is 5.69 Å². The molecular weight excluding hydrogens is 310 g/mol. The van der Waals surface area contributed by atoms with Crippen molar-refractivity contribution in [2.24, 2.45) is 0 Å². The Bertz CT molecular complexity index is 475. The van der Waals surface area contributed by atoms with Crippen LogP contribution in [-0.4, -0.2) is 30.9 Å². The van der Waals surface area contributed by atoms with Crippen LogP contribution >= 0.6 is 15.9 Å². The van der Waals surface area contributed by atoms with Gasteiger partial charge in [-0.3, -0.25) is 14.9 Å². The predicted molar refractivity (Wildman–Crippen MR) is 76.8 cm³/mol. The highest BCUT2D eigenvalue weighted by molar-refractivity contribution is 9.10. The molecule has 0 radical (unpaired) electrons. The van der Waals surface area contributed by atoms with Gasteiger partial charge in [0, 0.05) is 16.2 Å². The van der Waals surface area contributed by atoms with Gasteiger partial charge in [-0.25, -0.2) is 0 Å². The van der Waals surface area contributed by atoms with Gasteiger partial charge in [0.2, 0.25) is 11.8 Å². The average molecular weight is 326 g/mol. The van der Waals surface area contributed by atoms with E-state index in [2.05, 4.69) is 31.9 Å². The fraction of sp³-hybridized carbons (Fsp3) is 0.385. The highest BCUT2D eigenvalue weighted by Crippen LogP contribution is 2.18. The number of halogens is 1. The molecule has 1 aliphatic rings. The van der Waals surface area contributed by atoms with Gasteiger partial charge in [0.1, 0.15) is 0 Å². The standard InChI is InChI=1S/C13H16BrN3O2/c14-9-2-1-3-11(6-9)17-13(19)8-15-7-12(18)16-10-4-5-10/h1-3,6,10,15H,4-5,7-8H2,(H,16,18)(H,17,19). The van der Waals surface area contributed by atoms with Crippen LogP contribution in [0, 0.1) is 0 Å². The number of amides is 2. The molecule has 0 unspecified atom stereocenters. The molecule has 0 aromatic heterocycles. The monoisotopic (exact) mass is 325 g/mol. The summed E-state index contributed by atoms with van der Waals surface area (Å²) in [6.07, 6.45) is 2.13. The van der Waals surface area contributed by atoms with Gasteiger partial charge < -0.3 is 10.6 Å². The van der Waals surface area contributed by atoms with Crippen LogP contribution in [0.15, 0.2) is 28.7 Å². The Kier molecular flexibility index (Phi) is 4.93. The number of hydrogen-bond acceptors (Lipinski definition) is 3. The van der Waals surface area contributed by atoms with Crippen LogP contribution in [0.2, 0.25) is 0 Å². The molecule has 0 bridgehead atoms. The molecule has 0 aliphatic heterocycles. The van der Waals surface area contributed by atoms with Gasteiger partial charge in [0.15, 0.2) is 0 Å². The third-order valence-electron chi connectivity index (χ3n) is 2.62. The zero-order valence-electron chi connectivity index (χ0n) is 10.4. The summed E-state index contributed by atoms with van der Waals surface area (Å²) in [5.41, 5.74) is 0.726. The smallest absolute Gasteiger partial charge is 0.238 e. The maximum Gasteiger partial charge on any atom is 0.238 e. The lowest BCUT2D eigenvalue weighted by Crippen LogP contribution is -2.38. The third kappa shape index (κ3) is 5.40. The van der Waals surface area contributed by atoms with Crippen molar-refractivity contribution in [3.05, 3.63) is 28.7 Å². The first kappa shape index (κ1) is 14.0. The van der Waals surface area contributed by atoms with E-state index in [1.807, 2.05) is 24.3 Å². The summed E-state index contributed by atoms with van der Waals surface area (Å²) < 4.78 is 0.905. The van der Waals surface area contributed by atoms with E-state index in [0.717, 1.165) is 23.0 Å². The minimum atomic E-state index is -0.169. The van der Waals surface area contributed by atoms with Gasteiger partial charge in [-0.1, -0.05) is 22.0 Å². The third-order valence-corrected chi connectivity index (χ3v) is 3.12. The predicted octanol–water partition coefficient (Wildman–Crippen LogP) is 1.26. The zero-order chi connectivity index (χ0) is 13.7. The Hall–Kier alpha value is -1.40. The topological polar surface area (TPSA) is 70.2 Å². The van der Waals surface area contributed by atoms with E-state index in [0.29, 0.717) is 6.04 Å². The second-order valence-corrected chi connectivity index (χ2v) is 5.42. The summed E-state index contributed by atoms with van der Waals surface area (Å²) in [6, 6.07) is 7.71. The van der Waals surface area contributed by atoms with E-state index in [1.165, 1.54) is 0 Å². The van der Waals surface area contributed by atoms with Crippen molar-refractivity contribution in [1.29, 1.82) is 0 Å². The van der Waals surface area contributed by atoms with Crippen LogP contribution in [0.3, 0.4) is 0 Å². The molecule has 0 saturated heterocycles. The molecule has 102 valence electrons. The van der Waals surface area contributed by atoms with Gasteiger partial charge in [0.25, 0.3) is 0 Å². The van der Waals surface area contributed by atoms with Crippen LogP contribution < -0.4 is 16.0 Å². The van der Waals surface area contributed by atoms with E-state index < -0.39 is 0 Å². The highest BCUT2D eigenvalue weighted by atomic mass is 79.9. The van der Waals surface area contributed by atoms with Crippen molar-refractivity contribution < 1.29 is 9.59 Å². The number of carbonyl (C=O) groups excluding carboxylic acids is 2. The summed E-state index contributed by atoms with van der Waals surface area (Å²) in [4.78, 5) is 23.0. The van der Waals surface area contributed by atoms with E-state index in [1.54, 1.807) is 0 Å². The molecule has 1 saturated carbocycles. The number of benzene rings is 1. The Morgan fingerprint density at radius 1 is 1.21 bits per heavy atom. The zero-order valence-corrected chi connectivity index (χ0v) is 12.0. The van der Waals surface area contributed by atoms with Crippen molar-refractivity contribution in [2.45, 2.75) is 18.9 Å². The van der Waals surface area contributed by atoms with E-state index in [9.17, 15) is 9.59 Å². The Morgan fingerprint density at radius 2 is 1.95 bits per heavy atom. The van der Waals surface area contributed by atoms with E-state index in [-0.39, 0.29) is 24.9 Å². The fourth-order valence-electron chi connectivity index (χ4n) is 1.57. The van der Waals surface area contributed by atoms with E-state index in [4.69, 9.17) is 0 Å². The lowest BCUT2D eigenvalue weighted by atomic mass is 10.3. The van der Waals surface area contributed by atoms with Crippen LogP contribution in [-0.2, 0) is 9.59 Å². The van der Waals surface area contributed by atoms with Crippen LogP contribution in [0.25, 0.3) is 0 Å². The SMILES string of the molecule is O=C(CNCC(=O)NC1CC1)Nc1cccc(Br)c1. The van der Waals surface area contributed by atoms with Crippen LogP contribution in [0.1, 0.15) is 12.8 Å². The Balaban J connectivity index is 1.65. The van der Waals surface area contributed by atoms with Gasteiger partial charge >= 0.3 is 0 Å². The number of anilines is 1. The molecule has 3 N–H and O–H groups in total. The molecule has 19 heavy (non-hydrogen) atoms. The lowest BCUT2D eigenvalue weighted by molar-refractivity contribution is -0.120. The maximum atomic E-state index is 11.6. The number of nitrogens with one attached hydrogen (secondary N) is 3. The molecule has 0 atom stereocenters. The van der Waals surface area contributed by atoms with Crippen molar-refractivity contribution in [1.82, 2.24) is 10.6 Å². The normalized spacial score (nSPS) is 13.9. The largest absolute Gasteiger partial charge is 0.352 e. The number of carbonyl (C=O) groups is 2. The minimum absolute atomic E-state index is 0.0576. The molecule has 1 aromatic carbocycles. The second kappa shape index (κ2) is 6.68. The van der Waals surface area contributed by atoms with Crippen LogP contribution in [0.5, 0.6) is 0 Å². The van der Waals surface area contributed by atoms with Crippen molar-refractivity contribution >= 4 is 33.4 Å². The lowest BCUT2D eigenvalue weighted by Gasteiger charge is -2.07. The second-order valence-electron chi connectivity index (χ2n) is 4.50. The van der Waals surface area contributed by atoms with Gasteiger partial charge in [0.05, 0.1) is 13.1 Å². The highest BCUT2D eigenvalue weighted by Gasteiger charge is 2.22. The number of hydrogen-bond donors (Lipinski definition) is 3. The first-order valence-corrected chi connectivity index (χ1v) is 6.98.